The van der Waals surface area contributed by atoms with E-state index in [4.69, 9.17) is 4.74 Å². The Hall–Kier alpha value is -2.67. The third kappa shape index (κ3) is 7.99. The minimum atomic E-state index is -0.799. The molecule has 0 bridgehead atoms. The van der Waals surface area contributed by atoms with E-state index in [-0.39, 0.29) is 30.7 Å². The van der Waals surface area contributed by atoms with E-state index in [0.29, 0.717) is 38.6 Å². The van der Waals surface area contributed by atoms with Crippen LogP contribution in [0.4, 0.5) is 4.79 Å². The van der Waals surface area contributed by atoms with Gasteiger partial charge in [-0.1, -0.05) is 42.5 Å². The summed E-state index contributed by atoms with van der Waals surface area (Å²) in [5, 5.41) is 12.9. The number of esters is 1. The van der Waals surface area contributed by atoms with Gasteiger partial charge in [0.25, 0.3) is 0 Å². The molecule has 0 heterocycles. The molecule has 0 unspecified atom stereocenters. The lowest BCUT2D eigenvalue weighted by Crippen LogP contribution is -2.32. The first kappa shape index (κ1) is 23.6. The highest BCUT2D eigenvalue weighted by Gasteiger charge is 2.41. The number of carbonyl (C=O) groups excluding carboxylic acids is 3. The molecule has 3 atom stereocenters. The van der Waals surface area contributed by atoms with Gasteiger partial charge in [0, 0.05) is 31.2 Å². The molecule has 7 nitrogen and oxygen atoms in total. The molecule has 0 aromatic heterocycles. The quantitative estimate of drug-likeness (QED) is 0.326. The van der Waals surface area contributed by atoms with Crippen molar-refractivity contribution in [2.45, 2.75) is 44.6 Å². The van der Waals surface area contributed by atoms with Crippen molar-refractivity contribution < 1.29 is 29.0 Å². The van der Waals surface area contributed by atoms with Crippen LogP contribution in [0.2, 0.25) is 0 Å². The van der Waals surface area contributed by atoms with Crippen LogP contribution in [0.15, 0.2) is 42.5 Å². The Morgan fingerprint density at radius 2 is 2.00 bits per heavy atom. The Kier molecular flexibility index (Phi) is 10.1. The summed E-state index contributed by atoms with van der Waals surface area (Å²) >= 11 is 0. The fraction of sp³-hybridized carbons (Fsp3) is 0.522. The lowest BCUT2D eigenvalue weighted by Gasteiger charge is -2.20. The first-order valence-electron chi connectivity index (χ1n) is 10.4. The van der Waals surface area contributed by atoms with Gasteiger partial charge in [-0.3, -0.25) is 9.59 Å². The molecule has 1 saturated carbocycles. The van der Waals surface area contributed by atoms with Crippen LogP contribution in [0, 0.1) is 11.8 Å². The van der Waals surface area contributed by atoms with E-state index in [9.17, 15) is 19.5 Å². The van der Waals surface area contributed by atoms with E-state index < -0.39 is 18.1 Å². The number of alkyl carbamates (subject to hydrolysis) is 1. The van der Waals surface area contributed by atoms with Crippen molar-refractivity contribution in [1.29, 1.82) is 0 Å². The summed E-state index contributed by atoms with van der Waals surface area (Å²) in [5.41, 5.74) is 1.12. The average Bonchev–Trinajstić information content (AvgIpc) is 3.01. The molecule has 1 aromatic rings. The smallest absolute Gasteiger partial charge is 0.407 e. The molecule has 164 valence electrons. The molecular formula is C23H31NO6. The fourth-order valence-corrected chi connectivity index (χ4v) is 3.55. The molecule has 2 N–H and O–H groups in total. The van der Waals surface area contributed by atoms with E-state index in [1.165, 1.54) is 7.11 Å². The van der Waals surface area contributed by atoms with Crippen LogP contribution >= 0.6 is 0 Å². The van der Waals surface area contributed by atoms with Crippen molar-refractivity contribution in [2.75, 3.05) is 20.3 Å². The van der Waals surface area contributed by atoms with Crippen LogP contribution in [-0.2, 0) is 25.5 Å². The summed E-state index contributed by atoms with van der Waals surface area (Å²) in [6.45, 7) is 0.456. The van der Waals surface area contributed by atoms with E-state index in [2.05, 4.69) is 10.1 Å². The minimum absolute atomic E-state index is 0.00489. The highest BCUT2D eigenvalue weighted by Crippen LogP contribution is 2.32. The Morgan fingerprint density at radius 3 is 2.73 bits per heavy atom. The van der Waals surface area contributed by atoms with Gasteiger partial charge >= 0.3 is 12.1 Å². The van der Waals surface area contributed by atoms with Crippen LogP contribution in [0.1, 0.15) is 37.7 Å². The van der Waals surface area contributed by atoms with Gasteiger partial charge in [0.15, 0.2) is 0 Å². The number of allylic oxidation sites excluding steroid dienone is 2. The highest BCUT2D eigenvalue weighted by atomic mass is 16.5. The SMILES string of the molecule is COC(=O)CCC/C=C\C[C@H]1C(=O)C[C@@H](O)[C@@H]1COC(=O)NCCc1ccccc1. The number of benzene rings is 1. The van der Waals surface area contributed by atoms with Crippen molar-refractivity contribution in [3.05, 3.63) is 48.0 Å². The molecule has 7 heteroatoms. The summed E-state index contributed by atoms with van der Waals surface area (Å²) in [7, 11) is 1.36. The number of hydrogen-bond donors (Lipinski definition) is 2. The van der Waals surface area contributed by atoms with Crippen molar-refractivity contribution in [3.8, 4) is 0 Å². The lowest BCUT2D eigenvalue weighted by atomic mass is 9.91. The first-order chi connectivity index (χ1) is 14.5. The van der Waals surface area contributed by atoms with Crippen molar-refractivity contribution in [2.24, 2.45) is 11.8 Å². The minimum Gasteiger partial charge on any atom is -0.469 e. The first-order valence-corrected chi connectivity index (χ1v) is 10.4. The molecule has 0 saturated heterocycles. The maximum absolute atomic E-state index is 12.2. The molecule has 2 rings (SSSR count). The number of methoxy groups -OCH3 is 1. The zero-order chi connectivity index (χ0) is 21.8. The number of hydrogen-bond acceptors (Lipinski definition) is 6. The Labute approximate surface area is 177 Å². The molecule has 30 heavy (non-hydrogen) atoms. The molecule has 1 aliphatic rings. The van der Waals surface area contributed by atoms with E-state index >= 15 is 0 Å². The third-order valence-electron chi connectivity index (χ3n) is 5.30. The van der Waals surface area contributed by atoms with Gasteiger partial charge in [-0.25, -0.2) is 4.79 Å². The molecule has 1 aromatic carbocycles. The largest absolute Gasteiger partial charge is 0.469 e. The van der Waals surface area contributed by atoms with Crippen molar-refractivity contribution in [3.63, 3.8) is 0 Å². The van der Waals surface area contributed by atoms with Crippen molar-refractivity contribution in [1.82, 2.24) is 5.32 Å². The zero-order valence-corrected chi connectivity index (χ0v) is 17.4. The van der Waals surface area contributed by atoms with Crippen LogP contribution < -0.4 is 5.32 Å². The summed E-state index contributed by atoms with van der Waals surface area (Å²) in [4.78, 5) is 35.2. The second kappa shape index (κ2) is 12.8. The lowest BCUT2D eigenvalue weighted by molar-refractivity contribution is -0.140. The summed E-state index contributed by atoms with van der Waals surface area (Å²) < 4.78 is 9.85. The molecule has 1 amide bonds. The zero-order valence-electron chi connectivity index (χ0n) is 17.4. The number of Topliss-reactive ketones (excluding diaryl/α,β-unsaturated/α-hetero) is 1. The number of rotatable bonds is 11. The fourth-order valence-electron chi connectivity index (χ4n) is 3.55. The number of amides is 1. The average molecular weight is 418 g/mol. The van der Waals surface area contributed by atoms with Gasteiger partial charge in [0.1, 0.15) is 5.78 Å². The summed E-state index contributed by atoms with van der Waals surface area (Å²) in [5.74, 6) is -1.03. The van der Waals surface area contributed by atoms with Crippen molar-refractivity contribution >= 4 is 17.8 Å². The van der Waals surface area contributed by atoms with Gasteiger partial charge in [-0.05, 0) is 31.2 Å². The van der Waals surface area contributed by atoms with Crippen LogP contribution in [-0.4, -0.2) is 49.3 Å². The monoisotopic (exact) mass is 417 g/mol. The number of ketones is 1. The predicted molar refractivity (Wildman–Crippen MR) is 112 cm³/mol. The molecule has 0 aliphatic heterocycles. The Balaban J connectivity index is 1.70. The van der Waals surface area contributed by atoms with Crippen LogP contribution in [0.25, 0.3) is 0 Å². The summed E-state index contributed by atoms with van der Waals surface area (Å²) in [6.07, 6.45) is 5.50. The van der Waals surface area contributed by atoms with Gasteiger partial charge in [0.2, 0.25) is 0 Å². The number of aliphatic hydroxyl groups excluding tert-OH is 1. The highest BCUT2D eigenvalue weighted by molar-refractivity contribution is 5.84. The Morgan fingerprint density at radius 1 is 1.23 bits per heavy atom. The van der Waals surface area contributed by atoms with E-state index in [1.807, 2.05) is 42.5 Å². The predicted octanol–water partition coefficient (Wildman–Crippen LogP) is 2.81. The number of aliphatic hydroxyl groups is 1. The molecule has 1 aliphatic carbocycles. The number of ether oxygens (including phenoxy) is 2. The maximum Gasteiger partial charge on any atom is 0.407 e. The second-order valence-corrected chi connectivity index (χ2v) is 7.44. The van der Waals surface area contributed by atoms with Gasteiger partial charge in [-0.2, -0.15) is 0 Å². The number of nitrogens with one attached hydrogen (secondary N) is 1. The molecular weight excluding hydrogens is 386 g/mol. The Bertz CT molecular complexity index is 718. The molecule has 0 spiro atoms. The standard InChI is InChI=1S/C23H31NO6/c1-29-22(27)12-8-3-2-7-11-18-19(21(26)15-20(18)25)16-30-23(28)24-14-13-17-9-5-4-6-10-17/h2,4-7,9-10,18-19,21,26H,3,8,11-16H2,1H3,(H,24,28)/b7-2-/t18-,19-,21-/m1/s1. The molecule has 1 fully saturated rings. The van der Waals surface area contributed by atoms with E-state index in [1.54, 1.807) is 0 Å². The number of carbonyl (C=O) groups is 3. The van der Waals surface area contributed by atoms with Crippen LogP contribution in [0.3, 0.4) is 0 Å². The number of unbranched alkanes of at least 4 members (excludes halogenated alkanes) is 1. The van der Waals surface area contributed by atoms with Gasteiger partial charge < -0.3 is 19.9 Å². The molecule has 0 radical (unpaired) electrons. The van der Waals surface area contributed by atoms with Gasteiger partial charge in [0.05, 0.1) is 19.8 Å². The van der Waals surface area contributed by atoms with Crippen LogP contribution in [0.5, 0.6) is 0 Å². The third-order valence-corrected chi connectivity index (χ3v) is 5.30. The second-order valence-electron chi connectivity index (χ2n) is 7.44. The van der Waals surface area contributed by atoms with Gasteiger partial charge in [-0.15, -0.1) is 0 Å². The van der Waals surface area contributed by atoms with E-state index in [0.717, 1.165) is 5.56 Å². The normalized spacial score (nSPS) is 21.0. The topological polar surface area (TPSA) is 102 Å². The maximum atomic E-state index is 12.2. The summed E-state index contributed by atoms with van der Waals surface area (Å²) in [6, 6.07) is 9.80.